The SMILES string of the molecule is N#Cc1cc(F)c(N[C@H]2C3CCC(CC3)[C@@H]2C(=O)O)nc1-c1n[nH]c2ncc(F)cc12. The Morgan fingerprint density at radius 3 is 2.65 bits per heavy atom. The Balaban J connectivity index is 1.58. The van der Waals surface area contributed by atoms with Crippen LogP contribution >= 0.6 is 0 Å². The number of aromatic nitrogens is 4. The maximum Gasteiger partial charge on any atom is 0.308 e. The number of aliphatic carboxylic acids is 1. The number of fused-ring (bicyclic) bond motifs is 4. The number of nitrogens with one attached hydrogen (secondary N) is 2. The van der Waals surface area contributed by atoms with E-state index in [9.17, 15) is 23.9 Å². The minimum Gasteiger partial charge on any atom is -0.481 e. The zero-order valence-electron chi connectivity index (χ0n) is 16.3. The molecule has 31 heavy (non-hydrogen) atoms. The zero-order valence-corrected chi connectivity index (χ0v) is 16.3. The Kier molecular flexibility index (Phi) is 4.54. The third-order valence-electron chi connectivity index (χ3n) is 6.51. The van der Waals surface area contributed by atoms with Crippen molar-refractivity contribution in [2.45, 2.75) is 31.7 Å². The molecule has 0 unspecified atom stereocenters. The number of rotatable bonds is 4. The Hall–Kier alpha value is -3.61. The predicted octanol–water partition coefficient (Wildman–Crippen LogP) is 3.47. The molecule has 0 aliphatic heterocycles. The number of nitrogens with zero attached hydrogens (tertiary/aromatic N) is 4. The van der Waals surface area contributed by atoms with E-state index in [1.54, 1.807) is 0 Å². The average Bonchev–Trinajstić information content (AvgIpc) is 3.18. The summed E-state index contributed by atoms with van der Waals surface area (Å²) < 4.78 is 28.6. The van der Waals surface area contributed by atoms with Crippen molar-refractivity contribution in [2.24, 2.45) is 17.8 Å². The first-order valence-corrected chi connectivity index (χ1v) is 10.1. The van der Waals surface area contributed by atoms with Crippen molar-refractivity contribution in [3.05, 3.63) is 35.5 Å². The topological polar surface area (TPSA) is 128 Å². The summed E-state index contributed by atoms with van der Waals surface area (Å²) in [5.41, 5.74) is 0.469. The van der Waals surface area contributed by atoms with Crippen molar-refractivity contribution in [1.82, 2.24) is 20.2 Å². The standard InChI is InChI=1S/C21H18F2N6O2/c22-12-6-13-18(28-29-19(13)25-8-12)17-11(7-24)5-14(23)20(27-17)26-16-10-3-1-9(2-4-10)15(16)21(30)31/h5-6,8-10,15-16H,1-4H2,(H,26,27)(H,30,31)(H,25,28,29)/t9?,10?,15-,16-/m0/s1. The summed E-state index contributed by atoms with van der Waals surface area (Å²) in [5, 5.41) is 29.3. The molecular formula is C21H18F2N6O2. The first kappa shape index (κ1) is 19.4. The molecule has 3 fully saturated rings. The third kappa shape index (κ3) is 3.17. The maximum atomic E-state index is 14.8. The van der Waals surface area contributed by atoms with Crippen LogP contribution in [-0.2, 0) is 4.79 Å². The third-order valence-corrected chi connectivity index (χ3v) is 6.51. The number of anilines is 1. The molecule has 3 saturated carbocycles. The van der Waals surface area contributed by atoms with Gasteiger partial charge in [-0.25, -0.2) is 18.7 Å². The highest BCUT2D eigenvalue weighted by Crippen LogP contribution is 2.46. The highest BCUT2D eigenvalue weighted by atomic mass is 19.1. The van der Waals surface area contributed by atoms with E-state index in [0.717, 1.165) is 37.9 Å². The van der Waals surface area contributed by atoms with Crippen LogP contribution in [0.1, 0.15) is 31.2 Å². The minimum absolute atomic E-state index is 0.0465. The molecule has 2 bridgehead atoms. The van der Waals surface area contributed by atoms with Crippen molar-refractivity contribution >= 4 is 22.8 Å². The monoisotopic (exact) mass is 424 g/mol. The number of aromatic amines is 1. The molecule has 2 atom stereocenters. The molecule has 0 aromatic carbocycles. The molecule has 3 heterocycles. The number of carbonyl (C=O) groups is 1. The summed E-state index contributed by atoms with van der Waals surface area (Å²) in [4.78, 5) is 20.1. The Bertz CT molecular complexity index is 1230. The number of halogens is 2. The van der Waals surface area contributed by atoms with Gasteiger partial charge in [-0.2, -0.15) is 10.4 Å². The Morgan fingerprint density at radius 2 is 1.94 bits per heavy atom. The van der Waals surface area contributed by atoms with E-state index in [0.29, 0.717) is 11.0 Å². The molecular weight excluding hydrogens is 406 g/mol. The van der Waals surface area contributed by atoms with Crippen LogP contribution < -0.4 is 5.32 Å². The van der Waals surface area contributed by atoms with Crippen LogP contribution in [0.25, 0.3) is 22.4 Å². The van der Waals surface area contributed by atoms with E-state index in [4.69, 9.17) is 0 Å². The fourth-order valence-electron chi connectivity index (χ4n) is 5.08. The Morgan fingerprint density at radius 1 is 1.19 bits per heavy atom. The van der Waals surface area contributed by atoms with Gasteiger partial charge in [0.25, 0.3) is 0 Å². The van der Waals surface area contributed by atoms with Crippen LogP contribution in [0.2, 0.25) is 0 Å². The molecule has 158 valence electrons. The van der Waals surface area contributed by atoms with Gasteiger partial charge in [0, 0.05) is 6.04 Å². The summed E-state index contributed by atoms with van der Waals surface area (Å²) in [6.45, 7) is 0. The van der Waals surface area contributed by atoms with Gasteiger partial charge in [0.15, 0.2) is 17.3 Å². The number of hydrogen-bond donors (Lipinski definition) is 3. The second-order valence-corrected chi connectivity index (χ2v) is 8.16. The fraction of sp³-hybridized carbons (Fsp3) is 0.381. The molecule has 3 aromatic heterocycles. The van der Waals surface area contributed by atoms with Crippen molar-refractivity contribution in [3.63, 3.8) is 0 Å². The largest absolute Gasteiger partial charge is 0.481 e. The van der Waals surface area contributed by atoms with Crippen LogP contribution in [0, 0.1) is 40.7 Å². The molecule has 3 N–H and O–H groups in total. The summed E-state index contributed by atoms with van der Waals surface area (Å²) in [6.07, 6.45) is 4.50. The van der Waals surface area contributed by atoms with E-state index in [1.807, 2.05) is 6.07 Å². The van der Waals surface area contributed by atoms with Gasteiger partial charge in [-0.15, -0.1) is 0 Å². The van der Waals surface area contributed by atoms with Gasteiger partial charge in [-0.1, -0.05) is 0 Å². The van der Waals surface area contributed by atoms with Crippen LogP contribution in [0.4, 0.5) is 14.6 Å². The molecule has 0 spiro atoms. The molecule has 3 aliphatic carbocycles. The van der Waals surface area contributed by atoms with E-state index >= 15 is 0 Å². The minimum atomic E-state index is -0.902. The van der Waals surface area contributed by atoms with Crippen molar-refractivity contribution in [3.8, 4) is 17.5 Å². The molecule has 3 aromatic rings. The number of nitriles is 1. The van der Waals surface area contributed by atoms with Gasteiger partial charge in [-0.05, 0) is 49.7 Å². The summed E-state index contributed by atoms with van der Waals surface area (Å²) >= 11 is 0. The normalized spacial score (nSPS) is 24.8. The van der Waals surface area contributed by atoms with Crippen molar-refractivity contribution in [1.29, 1.82) is 5.26 Å². The molecule has 6 rings (SSSR count). The molecule has 0 amide bonds. The van der Waals surface area contributed by atoms with Crippen LogP contribution in [0.5, 0.6) is 0 Å². The summed E-state index contributed by atoms with van der Waals surface area (Å²) in [7, 11) is 0. The fourth-order valence-corrected chi connectivity index (χ4v) is 5.08. The highest BCUT2D eigenvalue weighted by molar-refractivity contribution is 5.91. The van der Waals surface area contributed by atoms with Gasteiger partial charge >= 0.3 is 5.97 Å². The average molecular weight is 424 g/mol. The lowest BCUT2D eigenvalue weighted by molar-refractivity contribution is -0.148. The van der Waals surface area contributed by atoms with Gasteiger partial charge < -0.3 is 10.4 Å². The smallest absolute Gasteiger partial charge is 0.308 e. The van der Waals surface area contributed by atoms with Crippen LogP contribution in [0.3, 0.4) is 0 Å². The quantitative estimate of drug-likeness (QED) is 0.585. The lowest BCUT2D eigenvalue weighted by atomic mass is 9.61. The van der Waals surface area contributed by atoms with Gasteiger partial charge in [-0.3, -0.25) is 9.89 Å². The molecule has 10 heteroatoms. The van der Waals surface area contributed by atoms with Crippen LogP contribution in [-0.4, -0.2) is 37.3 Å². The number of pyridine rings is 2. The lowest BCUT2D eigenvalue weighted by Crippen LogP contribution is -2.51. The van der Waals surface area contributed by atoms with Gasteiger partial charge in [0.05, 0.1) is 23.1 Å². The molecule has 8 nitrogen and oxygen atoms in total. The van der Waals surface area contributed by atoms with Gasteiger partial charge in [0.1, 0.15) is 23.3 Å². The number of hydrogen-bond acceptors (Lipinski definition) is 6. The first-order chi connectivity index (χ1) is 15.0. The first-order valence-electron chi connectivity index (χ1n) is 10.1. The summed E-state index contributed by atoms with van der Waals surface area (Å²) in [5.74, 6) is -2.86. The van der Waals surface area contributed by atoms with Gasteiger partial charge in [0.2, 0.25) is 0 Å². The van der Waals surface area contributed by atoms with Crippen molar-refractivity contribution < 1.29 is 18.7 Å². The summed E-state index contributed by atoms with van der Waals surface area (Å²) in [6, 6.07) is 3.69. The maximum absolute atomic E-state index is 14.8. The predicted molar refractivity (Wildman–Crippen MR) is 106 cm³/mol. The van der Waals surface area contributed by atoms with E-state index in [1.165, 1.54) is 6.07 Å². The number of H-pyrrole nitrogens is 1. The highest BCUT2D eigenvalue weighted by Gasteiger charge is 2.47. The molecule has 0 radical (unpaired) electrons. The molecule has 0 saturated heterocycles. The second kappa shape index (κ2) is 7.27. The second-order valence-electron chi connectivity index (χ2n) is 8.16. The molecule has 3 aliphatic rings. The zero-order chi connectivity index (χ0) is 21.7. The van der Waals surface area contributed by atoms with E-state index < -0.39 is 29.6 Å². The van der Waals surface area contributed by atoms with Crippen LogP contribution in [0.15, 0.2) is 18.3 Å². The lowest BCUT2D eigenvalue weighted by Gasteiger charge is -2.47. The van der Waals surface area contributed by atoms with E-state index in [-0.39, 0.29) is 34.6 Å². The van der Waals surface area contributed by atoms with E-state index in [2.05, 4.69) is 25.5 Å². The Labute approximate surface area is 175 Å². The number of carboxylic acids is 1. The number of carboxylic acid groups (broad SMARTS) is 1. The van der Waals surface area contributed by atoms with Crippen molar-refractivity contribution in [2.75, 3.05) is 5.32 Å².